The van der Waals surface area contributed by atoms with Crippen molar-refractivity contribution >= 4 is 44.4 Å². The number of fused-ring (bicyclic) bond motifs is 3. The van der Waals surface area contributed by atoms with Gasteiger partial charge in [-0.15, -0.1) is 0 Å². The minimum absolute atomic E-state index is 0.0291. The number of halogens is 2. The van der Waals surface area contributed by atoms with Gasteiger partial charge in [-0.05, 0) is 73.9 Å². The number of alkyl halides is 1. The highest BCUT2D eigenvalue weighted by atomic mass is 32.2. The molecule has 7 atom stereocenters. The van der Waals surface area contributed by atoms with Gasteiger partial charge in [-0.25, -0.2) is 22.2 Å². The van der Waals surface area contributed by atoms with Crippen LogP contribution in [0.3, 0.4) is 0 Å². The van der Waals surface area contributed by atoms with Crippen LogP contribution in [-0.4, -0.2) is 90.7 Å². The first-order chi connectivity index (χ1) is 25.8. The maximum Gasteiger partial charge on any atom is 0.259 e. The first kappa shape index (κ1) is 40.3. The van der Waals surface area contributed by atoms with Crippen molar-refractivity contribution in [2.24, 2.45) is 23.2 Å². The Balaban J connectivity index is 1.36. The zero-order chi connectivity index (χ0) is 40.1. The molecule has 1 saturated heterocycles. The number of sulfonamides is 1. The number of nitrogens with one attached hydrogen (secondary N) is 3. The molecule has 0 spiro atoms. The van der Waals surface area contributed by atoms with Crippen LogP contribution in [0.4, 0.5) is 8.78 Å². The third kappa shape index (κ3) is 8.01. The number of benzene rings is 1. The summed E-state index contributed by atoms with van der Waals surface area (Å²) in [6.07, 6.45) is 6.44. The van der Waals surface area contributed by atoms with Crippen LogP contribution in [-0.2, 0) is 29.2 Å². The Morgan fingerprint density at radius 1 is 1.15 bits per heavy atom. The van der Waals surface area contributed by atoms with Gasteiger partial charge >= 0.3 is 0 Å². The molecule has 300 valence electrons. The molecule has 1 aromatic carbocycles. The maximum absolute atomic E-state index is 14.9. The molecular formula is C39H51F2N5O8S. The fraction of sp³-hybridized carbons (Fsp3) is 0.615. The quantitative estimate of drug-likeness (QED) is 0.333. The first-order valence-corrected chi connectivity index (χ1v) is 20.3. The number of nitrogens with zero attached hydrogens (tertiary/aromatic N) is 2. The fourth-order valence-corrected chi connectivity index (χ4v) is 9.09. The highest BCUT2D eigenvalue weighted by molar-refractivity contribution is 7.91. The van der Waals surface area contributed by atoms with E-state index in [0.29, 0.717) is 23.6 Å². The van der Waals surface area contributed by atoms with Crippen molar-refractivity contribution in [1.29, 1.82) is 0 Å². The summed E-state index contributed by atoms with van der Waals surface area (Å²) in [6, 6.07) is 2.15. The molecule has 6 rings (SSSR count). The number of amides is 4. The van der Waals surface area contributed by atoms with E-state index in [0.717, 1.165) is 6.42 Å². The Kier molecular flexibility index (Phi) is 11.0. The molecule has 2 aliphatic heterocycles. The topological polar surface area (TPSA) is 173 Å². The highest BCUT2D eigenvalue weighted by Crippen LogP contribution is 2.48. The van der Waals surface area contributed by atoms with E-state index in [1.807, 2.05) is 13.0 Å². The van der Waals surface area contributed by atoms with Crippen LogP contribution in [0.15, 0.2) is 36.5 Å². The van der Waals surface area contributed by atoms with E-state index in [9.17, 15) is 36.4 Å². The number of carbonyl (C=O) groups excluding carboxylic acids is 4. The number of carbonyl (C=O) groups is 4. The van der Waals surface area contributed by atoms with Crippen LogP contribution in [0.2, 0.25) is 0 Å². The van der Waals surface area contributed by atoms with Gasteiger partial charge in [0, 0.05) is 29.3 Å². The summed E-state index contributed by atoms with van der Waals surface area (Å²) in [7, 11) is -3.05. The molecule has 0 unspecified atom stereocenters. The summed E-state index contributed by atoms with van der Waals surface area (Å²) in [4.78, 5) is 62.1. The van der Waals surface area contributed by atoms with Gasteiger partial charge in [0.05, 0.1) is 13.7 Å². The molecule has 0 radical (unpaired) electrons. The number of hydrogen-bond acceptors (Lipinski definition) is 9. The van der Waals surface area contributed by atoms with Gasteiger partial charge in [-0.1, -0.05) is 46.8 Å². The van der Waals surface area contributed by atoms with E-state index in [2.05, 4.69) is 27.3 Å². The molecule has 2 aromatic rings. The van der Waals surface area contributed by atoms with E-state index in [4.69, 9.17) is 9.47 Å². The third-order valence-electron chi connectivity index (χ3n) is 11.5. The Morgan fingerprint density at radius 2 is 1.87 bits per heavy atom. The summed E-state index contributed by atoms with van der Waals surface area (Å²) in [6.45, 7) is 7.88. The van der Waals surface area contributed by atoms with Gasteiger partial charge < -0.3 is 25.0 Å². The summed E-state index contributed by atoms with van der Waals surface area (Å²) < 4.78 is 66.8. The molecule has 3 heterocycles. The molecule has 16 heteroatoms. The average Bonchev–Trinajstić information content (AvgIpc) is 4.02. The van der Waals surface area contributed by atoms with Crippen molar-refractivity contribution in [2.75, 3.05) is 20.3 Å². The summed E-state index contributed by atoms with van der Waals surface area (Å²) in [5.74, 6) is -3.90. The Bertz CT molecular complexity index is 2000. The second-order valence-electron chi connectivity index (χ2n) is 16.9. The number of pyridine rings is 1. The predicted octanol–water partition coefficient (Wildman–Crippen LogP) is 4.10. The van der Waals surface area contributed by atoms with Crippen LogP contribution in [0, 0.1) is 29.0 Å². The summed E-state index contributed by atoms with van der Waals surface area (Å²) in [5.41, 5.74) is -2.51. The molecule has 13 nitrogen and oxygen atoms in total. The van der Waals surface area contributed by atoms with E-state index < -0.39 is 80.0 Å². The van der Waals surface area contributed by atoms with Gasteiger partial charge in [0.25, 0.3) is 5.91 Å². The second kappa shape index (κ2) is 15.0. The Morgan fingerprint density at radius 3 is 2.53 bits per heavy atom. The standard InChI is InChI=1S/C39H51F2N5O8S/c1-22-9-7-8-10-25-19-39(25,36(50)45-55(51,52)38(21-40)12-13-38)44-32(47)29-17-26(54-33-27-18-28(41)30(53-6)16-24(27)11-14-42-33)20-46(29)34(48)31(23(2)15-22)43-35(49)37(3,4)5/h8,10-11,14,16,18,22-23,25-26,29,31H,7,9,12-13,15,17,19-21H2,1-6H3,(H,43,49)(H,44,47)(H,45,50)/b10-8-/t22-,23-,25-,26-,29+,31+,39-/m1/s1. The molecule has 4 amide bonds. The smallest absolute Gasteiger partial charge is 0.259 e. The molecule has 55 heavy (non-hydrogen) atoms. The van der Waals surface area contributed by atoms with Gasteiger partial charge in [-0.2, -0.15) is 0 Å². The van der Waals surface area contributed by atoms with E-state index in [1.165, 1.54) is 30.3 Å². The number of hydrogen-bond donors (Lipinski definition) is 3. The minimum Gasteiger partial charge on any atom is -0.494 e. The van der Waals surface area contributed by atoms with Gasteiger partial charge in [-0.3, -0.25) is 23.9 Å². The number of allylic oxidation sites excluding steroid dienone is 1. The van der Waals surface area contributed by atoms with Crippen molar-refractivity contribution < 1.29 is 45.9 Å². The molecule has 0 bridgehead atoms. The number of methoxy groups -OCH3 is 1. The molecule has 1 aromatic heterocycles. The van der Waals surface area contributed by atoms with Crippen molar-refractivity contribution in [3.63, 3.8) is 0 Å². The van der Waals surface area contributed by atoms with Crippen LogP contribution < -0.4 is 24.8 Å². The molecular weight excluding hydrogens is 737 g/mol. The van der Waals surface area contributed by atoms with Gasteiger partial charge in [0.15, 0.2) is 11.6 Å². The maximum atomic E-state index is 14.9. The summed E-state index contributed by atoms with van der Waals surface area (Å²) >= 11 is 0. The first-order valence-electron chi connectivity index (χ1n) is 18.9. The third-order valence-corrected chi connectivity index (χ3v) is 13.6. The lowest BCUT2D eigenvalue weighted by Gasteiger charge is -2.34. The second-order valence-corrected chi connectivity index (χ2v) is 18.9. The monoisotopic (exact) mass is 787 g/mol. The Labute approximate surface area is 320 Å². The predicted molar refractivity (Wildman–Crippen MR) is 199 cm³/mol. The fourth-order valence-electron chi connectivity index (χ4n) is 7.66. The van der Waals surface area contributed by atoms with Crippen LogP contribution in [0.1, 0.15) is 79.6 Å². The zero-order valence-electron chi connectivity index (χ0n) is 32.1. The largest absolute Gasteiger partial charge is 0.494 e. The van der Waals surface area contributed by atoms with Gasteiger partial charge in [0.2, 0.25) is 33.6 Å². The van der Waals surface area contributed by atoms with Crippen LogP contribution in [0.25, 0.3) is 10.8 Å². The highest BCUT2D eigenvalue weighted by Gasteiger charge is 2.64. The minimum atomic E-state index is -4.40. The van der Waals surface area contributed by atoms with Crippen LogP contribution >= 0.6 is 0 Å². The SMILES string of the molecule is COc1cc2ccnc(O[C@@H]3C[C@H]4C(=O)N[C@]5(C(=O)NS(=O)(=O)C6(CF)CC6)C[C@H]5/C=C\CC[C@@H](C)C[C@@H](C)[C@H](NC(=O)C(C)(C)C)C(=O)N4C3)c2cc1F. The van der Waals surface area contributed by atoms with E-state index in [-0.39, 0.29) is 61.6 Å². The number of rotatable bonds is 8. The van der Waals surface area contributed by atoms with Crippen molar-refractivity contribution in [3.05, 3.63) is 42.4 Å². The average molecular weight is 788 g/mol. The lowest BCUT2D eigenvalue weighted by molar-refractivity contribution is -0.144. The molecule has 4 aliphatic rings. The number of aromatic nitrogens is 1. The van der Waals surface area contributed by atoms with Crippen molar-refractivity contribution in [2.45, 2.75) is 108 Å². The Hall–Kier alpha value is -4.34. The van der Waals surface area contributed by atoms with E-state index in [1.54, 1.807) is 32.9 Å². The summed E-state index contributed by atoms with van der Waals surface area (Å²) in [5, 5.41) is 6.67. The van der Waals surface area contributed by atoms with Crippen molar-refractivity contribution in [3.8, 4) is 11.6 Å². The van der Waals surface area contributed by atoms with Crippen LogP contribution in [0.5, 0.6) is 11.6 Å². The zero-order valence-corrected chi connectivity index (χ0v) is 32.9. The molecule has 3 fully saturated rings. The molecule has 2 saturated carbocycles. The molecule has 3 N–H and O–H groups in total. The van der Waals surface area contributed by atoms with Gasteiger partial charge in [0.1, 0.15) is 35.1 Å². The lowest BCUT2D eigenvalue weighted by Crippen LogP contribution is -2.60. The lowest BCUT2D eigenvalue weighted by atomic mass is 9.86. The van der Waals surface area contributed by atoms with E-state index >= 15 is 0 Å². The normalized spacial score (nSPS) is 30.1. The molecule has 2 aliphatic carbocycles. The number of ether oxygens (including phenoxy) is 2. The van der Waals surface area contributed by atoms with Crippen molar-refractivity contribution in [1.82, 2.24) is 25.2 Å².